The SMILES string of the molecule is COc1ccc(-c2cc(F)cc(C#N)c2)n2nc(C3CC3)nc12. The number of nitriles is 1. The van der Waals surface area contributed by atoms with Crippen molar-refractivity contribution in [3.63, 3.8) is 0 Å². The molecule has 0 amide bonds. The zero-order valence-electron chi connectivity index (χ0n) is 12.5. The molecule has 3 aromatic rings. The van der Waals surface area contributed by atoms with Gasteiger partial charge in [0.25, 0.3) is 0 Å². The van der Waals surface area contributed by atoms with Crippen LogP contribution in [0.1, 0.15) is 30.1 Å². The molecule has 2 aromatic heterocycles. The molecule has 5 nitrogen and oxygen atoms in total. The molecule has 4 rings (SSSR count). The van der Waals surface area contributed by atoms with Gasteiger partial charge in [-0.25, -0.2) is 13.9 Å². The van der Waals surface area contributed by atoms with Gasteiger partial charge in [0.1, 0.15) is 5.82 Å². The molecule has 1 aromatic carbocycles. The third-order valence-electron chi connectivity index (χ3n) is 3.95. The molecule has 1 aliphatic rings. The van der Waals surface area contributed by atoms with Gasteiger partial charge in [0, 0.05) is 11.5 Å². The molecule has 0 spiro atoms. The highest BCUT2D eigenvalue weighted by atomic mass is 19.1. The predicted molar refractivity (Wildman–Crippen MR) is 81.6 cm³/mol. The molecule has 1 fully saturated rings. The Balaban J connectivity index is 1.96. The van der Waals surface area contributed by atoms with Crippen molar-refractivity contribution >= 4 is 5.65 Å². The Hall–Kier alpha value is -2.94. The monoisotopic (exact) mass is 308 g/mol. The van der Waals surface area contributed by atoms with Gasteiger partial charge in [-0.3, -0.25) is 0 Å². The number of ether oxygens (including phenoxy) is 1. The van der Waals surface area contributed by atoms with Gasteiger partial charge < -0.3 is 4.74 Å². The fraction of sp³-hybridized carbons (Fsp3) is 0.235. The third-order valence-corrected chi connectivity index (χ3v) is 3.95. The molecule has 0 saturated heterocycles. The van der Waals surface area contributed by atoms with Gasteiger partial charge in [-0.05, 0) is 43.2 Å². The predicted octanol–water partition coefficient (Wildman–Crippen LogP) is 3.29. The number of hydrogen-bond donors (Lipinski definition) is 0. The highest BCUT2D eigenvalue weighted by Gasteiger charge is 2.29. The van der Waals surface area contributed by atoms with Crippen LogP contribution in [0, 0.1) is 17.1 Å². The Morgan fingerprint density at radius 1 is 1.30 bits per heavy atom. The summed E-state index contributed by atoms with van der Waals surface area (Å²) in [7, 11) is 1.58. The van der Waals surface area contributed by atoms with Gasteiger partial charge >= 0.3 is 0 Å². The van der Waals surface area contributed by atoms with E-state index in [1.165, 1.54) is 12.1 Å². The summed E-state index contributed by atoms with van der Waals surface area (Å²) in [6.45, 7) is 0. The summed E-state index contributed by atoms with van der Waals surface area (Å²) in [4.78, 5) is 4.56. The summed E-state index contributed by atoms with van der Waals surface area (Å²) in [5.74, 6) is 1.35. The molecule has 2 heterocycles. The number of benzene rings is 1. The Labute approximate surface area is 132 Å². The van der Waals surface area contributed by atoms with Crippen LogP contribution < -0.4 is 4.74 Å². The Kier molecular flexibility index (Phi) is 3.01. The first-order chi connectivity index (χ1) is 11.2. The second-order valence-corrected chi connectivity index (χ2v) is 5.61. The van der Waals surface area contributed by atoms with Crippen LogP contribution in [0.4, 0.5) is 4.39 Å². The molecule has 1 saturated carbocycles. The quantitative estimate of drug-likeness (QED) is 0.745. The summed E-state index contributed by atoms with van der Waals surface area (Å²) >= 11 is 0. The third kappa shape index (κ3) is 2.30. The Morgan fingerprint density at radius 2 is 2.13 bits per heavy atom. The normalized spacial score (nSPS) is 14.0. The Morgan fingerprint density at radius 3 is 2.83 bits per heavy atom. The molecular weight excluding hydrogens is 295 g/mol. The molecule has 1 aliphatic carbocycles. The minimum Gasteiger partial charge on any atom is -0.493 e. The zero-order valence-corrected chi connectivity index (χ0v) is 12.5. The van der Waals surface area contributed by atoms with Crippen molar-refractivity contribution in [1.29, 1.82) is 5.26 Å². The van der Waals surface area contributed by atoms with Gasteiger partial charge in [0.05, 0.1) is 24.4 Å². The minimum absolute atomic E-state index is 0.270. The molecule has 0 N–H and O–H groups in total. The molecular formula is C17H13FN4O. The first kappa shape index (κ1) is 13.7. The lowest BCUT2D eigenvalue weighted by Gasteiger charge is -2.08. The largest absolute Gasteiger partial charge is 0.493 e. The summed E-state index contributed by atoms with van der Waals surface area (Å²) < 4.78 is 20.8. The maximum absolute atomic E-state index is 13.8. The number of fused-ring (bicyclic) bond motifs is 1. The molecule has 23 heavy (non-hydrogen) atoms. The number of rotatable bonds is 3. The average Bonchev–Trinajstić information content (AvgIpc) is 3.31. The van der Waals surface area contributed by atoms with Crippen LogP contribution in [0.25, 0.3) is 16.9 Å². The molecule has 0 bridgehead atoms. The lowest BCUT2D eigenvalue weighted by molar-refractivity contribution is 0.416. The van der Waals surface area contributed by atoms with Crippen LogP contribution in [0.2, 0.25) is 0 Å². The highest BCUT2D eigenvalue weighted by molar-refractivity contribution is 5.68. The van der Waals surface area contributed by atoms with Gasteiger partial charge in [-0.15, -0.1) is 0 Å². The highest BCUT2D eigenvalue weighted by Crippen LogP contribution is 2.39. The minimum atomic E-state index is -0.453. The molecule has 114 valence electrons. The lowest BCUT2D eigenvalue weighted by atomic mass is 10.1. The van der Waals surface area contributed by atoms with E-state index in [0.29, 0.717) is 28.6 Å². The van der Waals surface area contributed by atoms with E-state index in [4.69, 9.17) is 10.00 Å². The number of hydrogen-bond acceptors (Lipinski definition) is 4. The lowest BCUT2D eigenvalue weighted by Crippen LogP contribution is -1.98. The summed E-state index contributed by atoms with van der Waals surface area (Å²) in [6.07, 6.45) is 2.18. The van der Waals surface area contributed by atoms with Crippen LogP contribution in [0.15, 0.2) is 30.3 Å². The van der Waals surface area contributed by atoms with Crippen molar-refractivity contribution in [1.82, 2.24) is 14.6 Å². The van der Waals surface area contributed by atoms with Gasteiger partial charge in [-0.1, -0.05) is 0 Å². The average molecular weight is 308 g/mol. The van der Waals surface area contributed by atoms with Crippen molar-refractivity contribution in [2.24, 2.45) is 0 Å². The van der Waals surface area contributed by atoms with Crippen LogP contribution in [-0.4, -0.2) is 21.7 Å². The van der Waals surface area contributed by atoms with Gasteiger partial charge in [0.2, 0.25) is 0 Å². The van der Waals surface area contributed by atoms with E-state index >= 15 is 0 Å². The fourth-order valence-corrected chi connectivity index (χ4v) is 2.65. The number of aromatic nitrogens is 3. The van der Waals surface area contributed by atoms with Crippen molar-refractivity contribution in [3.8, 4) is 23.1 Å². The molecule has 0 unspecified atom stereocenters. The van der Waals surface area contributed by atoms with Crippen molar-refractivity contribution in [2.75, 3.05) is 7.11 Å². The van der Waals surface area contributed by atoms with Crippen LogP contribution in [0.3, 0.4) is 0 Å². The van der Waals surface area contributed by atoms with Gasteiger partial charge in [0.15, 0.2) is 17.2 Å². The maximum Gasteiger partial charge on any atom is 0.198 e. The van der Waals surface area contributed by atoms with Gasteiger partial charge in [-0.2, -0.15) is 10.4 Å². The summed E-state index contributed by atoms with van der Waals surface area (Å²) in [5.41, 5.74) is 2.14. The van der Waals surface area contributed by atoms with E-state index in [0.717, 1.165) is 18.7 Å². The van der Waals surface area contributed by atoms with Crippen molar-refractivity contribution in [2.45, 2.75) is 18.8 Å². The van der Waals surface area contributed by atoms with Crippen molar-refractivity contribution < 1.29 is 9.13 Å². The van der Waals surface area contributed by atoms with E-state index in [1.54, 1.807) is 29.8 Å². The smallest absolute Gasteiger partial charge is 0.198 e. The Bertz CT molecular complexity index is 953. The van der Waals surface area contributed by atoms with E-state index in [-0.39, 0.29) is 5.56 Å². The maximum atomic E-state index is 13.8. The first-order valence-corrected chi connectivity index (χ1v) is 7.34. The van der Waals surface area contributed by atoms with E-state index in [9.17, 15) is 4.39 Å². The van der Waals surface area contributed by atoms with Crippen molar-refractivity contribution in [3.05, 3.63) is 47.5 Å². The molecule has 0 atom stereocenters. The molecule has 0 radical (unpaired) electrons. The second-order valence-electron chi connectivity index (χ2n) is 5.61. The second kappa shape index (κ2) is 5.06. The van der Waals surface area contributed by atoms with E-state index < -0.39 is 5.82 Å². The number of halogens is 1. The number of methoxy groups -OCH3 is 1. The standard InChI is InChI=1S/C17H13FN4O/c1-23-15-5-4-14(12-6-10(9-19)7-13(18)8-12)22-17(15)20-16(21-22)11-2-3-11/h4-8,11H,2-3H2,1H3. The van der Waals surface area contributed by atoms with E-state index in [1.807, 2.05) is 6.07 Å². The number of nitrogens with zero attached hydrogens (tertiary/aromatic N) is 4. The topological polar surface area (TPSA) is 63.2 Å². The van der Waals surface area contributed by atoms with Crippen LogP contribution in [-0.2, 0) is 0 Å². The summed E-state index contributed by atoms with van der Waals surface area (Å²) in [5, 5.41) is 13.6. The molecule has 0 aliphatic heterocycles. The number of pyridine rings is 1. The first-order valence-electron chi connectivity index (χ1n) is 7.34. The van der Waals surface area contributed by atoms with E-state index in [2.05, 4.69) is 10.1 Å². The van der Waals surface area contributed by atoms with Crippen LogP contribution >= 0.6 is 0 Å². The summed E-state index contributed by atoms with van der Waals surface area (Å²) in [6, 6.07) is 9.80. The zero-order chi connectivity index (χ0) is 16.0. The molecule has 6 heteroatoms. The fourth-order valence-electron chi connectivity index (χ4n) is 2.65. The van der Waals surface area contributed by atoms with Crippen LogP contribution in [0.5, 0.6) is 5.75 Å².